The Morgan fingerprint density at radius 3 is 1.89 bits per heavy atom. The van der Waals surface area contributed by atoms with Crippen molar-refractivity contribution in [2.75, 3.05) is 16.5 Å². The van der Waals surface area contributed by atoms with Crippen molar-refractivity contribution >= 4 is 55.1 Å². The first-order chi connectivity index (χ1) is 35.4. The van der Waals surface area contributed by atoms with Crippen LogP contribution in [0.25, 0.3) is 71.8 Å². The molecule has 6 heteroatoms. The molecule has 0 saturated carbocycles. The lowest BCUT2D eigenvalue weighted by Gasteiger charge is -2.29. The number of pyridine rings is 1. The monoisotopic (exact) mass is 924 g/mol. The Morgan fingerprint density at radius 1 is 0.571 bits per heavy atom. The number of aromatic nitrogens is 2. The van der Waals surface area contributed by atoms with Crippen LogP contribution >= 0.6 is 0 Å². The van der Waals surface area contributed by atoms with Crippen molar-refractivity contribution in [3.05, 3.63) is 192 Å². The number of furan rings is 1. The van der Waals surface area contributed by atoms with Crippen LogP contribution in [0.3, 0.4) is 0 Å². The molecule has 6 nitrogen and oxygen atoms in total. The lowest BCUT2D eigenvalue weighted by atomic mass is 9.80. The number of ether oxygens (including phenoxy) is 1. The van der Waals surface area contributed by atoms with Crippen molar-refractivity contribution < 1.29 is 16.0 Å². The highest BCUT2D eigenvalue weighted by Gasteiger charge is 2.26. The second-order valence-corrected chi connectivity index (χ2v) is 22.0. The normalized spacial score (nSPS) is 15.0. The van der Waals surface area contributed by atoms with Gasteiger partial charge in [-0.15, -0.1) is 0 Å². The van der Waals surface area contributed by atoms with Gasteiger partial charge in [0, 0.05) is 73.3 Å². The first-order valence-electron chi connectivity index (χ1n) is 26.7. The van der Waals surface area contributed by atoms with Gasteiger partial charge in [0.1, 0.15) is 17.2 Å². The molecule has 11 rings (SSSR count). The molecule has 0 aliphatic carbocycles. The van der Waals surface area contributed by atoms with Gasteiger partial charge in [0.25, 0.3) is 0 Å². The maximum absolute atomic E-state index is 9.44. The molecule has 0 spiro atoms. The van der Waals surface area contributed by atoms with Crippen LogP contribution in [0.15, 0.2) is 169 Å². The second-order valence-electron chi connectivity index (χ2n) is 22.0. The summed E-state index contributed by atoms with van der Waals surface area (Å²) in [6, 6.07) is 48.8. The van der Waals surface area contributed by atoms with Gasteiger partial charge in [0.05, 0.1) is 20.4 Å². The van der Waals surface area contributed by atoms with Crippen molar-refractivity contribution in [2.45, 2.75) is 92.3 Å². The van der Waals surface area contributed by atoms with Crippen LogP contribution in [0.2, 0.25) is 0 Å². The predicted octanol–water partition coefficient (Wildman–Crippen LogP) is 17.5. The van der Waals surface area contributed by atoms with E-state index in [1.165, 1.54) is 11.1 Å². The van der Waals surface area contributed by atoms with Crippen LogP contribution < -0.4 is 14.5 Å². The van der Waals surface area contributed by atoms with Gasteiger partial charge in [-0.25, -0.2) is 4.98 Å². The molecular formula is C64H62N4O2. The van der Waals surface area contributed by atoms with Gasteiger partial charge in [-0.3, -0.25) is 4.57 Å². The molecule has 1 aliphatic rings. The molecule has 350 valence electrons. The maximum atomic E-state index is 9.44. The largest absolute Gasteiger partial charge is 0.453 e. The average Bonchev–Trinajstić information content (AvgIpc) is 4.01. The van der Waals surface area contributed by atoms with Crippen LogP contribution in [0, 0.1) is 13.8 Å². The van der Waals surface area contributed by atoms with Crippen molar-refractivity contribution in [3.8, 4) is 39.6 Å². The number of anilines is 2. The van der Waals surface area contributed by atoms with Crippen molar-refractivity contribution in [2.24, 2.45) is 0 Å². The molecule has 0 bridgehead atoms. The molecule has 0 unspecified atom stereocenters. The summed E-state index contributed by atoms with van der Waals surface area (Å²) in [5.74, 6) is 1.62. The zero-order chi connectivity index (χ0) is 53.1. The Bertz CT molecular complexity index is 3910. The number of aryl methyl sites for hydroxylation is 2. The van der Waals surface area contributed by atoms with Crippen LogP contribution in [0.1, 0.15) is 97.0 Å². The van der Waals surface area contributed by atoms with E-state index in [1.807, 2.05) is 126 Å². The number of hydrogen-bond acceptors (Lipinski definition) is 5. The van der Waals surface area contributed by atoms with Crippen molar-refractivity contribution in [1.29, 1.82) is 0 Å². The number of hydrogen-bond donors (Lipinski definition) is 0. The Labute approximate surface area is 419 Å². The summed E-state index contributed by atoms with van der Waals surface area (Å²) in [5.41, 5.74) is 11.7. The van der Waals surface area contributed by atoms with Gasteiger partial charge in [0.15, 0.2) is 11.3 Å². The molecule has 1 aliphatic heterocycles. The fourth-order valence-corrected chi connectivity index (χ4v) is 9.86. The van der Waals surface area contributed by atoms with Crippen molar-refractivity contribution in [3.63, 3.8) is 0 Å². The smallest absolute Gasteiger partial charge is 0.178 e. The maximum Gasteiger partial charge on any atom is 0.178 e. The minimum Gasteiger partial charge on any atom is -0.453 e. The number of para-hydroxylation sites is 2. The van der Waals surface area contributed by atoms with Crippen LogP contribution in [-0.2, 0) is 16.2 Å². The lowest BCUT2D eigenvalue weighted by Crippen LogP contribution is -2.26. The molecule has 0 amide bonds. The van der Waals surface area contributed by atoms with Crippen LogP contribution in [0.5, 0.6) is 11.5 Å². The molecule has 0 saturated heterocycles. The number of rotatable bonds is 7. The van der Waals surface area contributed by atoms with Gasteiger partial charge >= 0.3 is 0 Å². The summed E-state index contributed by atoms with van der Waals surface area (Å²) < 4.78 is 61.2. The topological polar surface area (TPSA) is 46.7 Å². The van der Waals surface area contributed by atoms with Crippen LogP contribution in [0.4, 0.5) is 11.4 Å². The highest BCUT2D eigenvalue weighted by molar-refractivity contribution is 6.10. The summed E-state index contributed by atoms with van der Waals surface area (Å²) >= 11 is 0. The van der Waals surface area contributed by atoms with E-state index in [0.29, 0.717) is 45.3 Å². The van der Waals surface area contributed by atoms with E-state index in [4.69, 9.17) is 18.3 Å². The summed E-state index contributed by atoms with van der Waals surface area (Å²) in [7, 11) is 0. The van der Waals surface area contributed by atoms with E-state index in [9.17, 15) is 2.74 Å². The van der Waals surface area contributed by atoms with Gasteiger partial charge in [0.2, 0.25) is 0 Å². The quantitative estimate of drug-likeness (QED) is 0.159. The Morgan fingerprint density at radius 2 is 1.19 bits per heavy atom. The van der Waals surface area contributed by atoms with E-state index < -0.39 is 6.85 Å². The second kappa shape index (κ2) is 16.5. The first-order valence-corrected chi connectivity index (χ1v) is 24.2. The lowest BCUT2D eigenvalue weighted by molar-refractivity contribution is 0.477. The molecule has 10 aromatic rings. The number of fused-ring (bicyclic) bond motifs is 6. The zero-order valence-corrected chi connectivity index (χ0v) is 41.7. The molecule has 3 aromatic heterocycles. The average molecular weight is 924 g/mol. The van der Waals surface area contributed by atoms with Crippen molar-refractivity contribution in [1.82, 2.24) is 9.55 Å². The molecule has 0 fully saturated rings. The SMILES string of the molecule is [2H]C1=C([2H])N(c2cc(Oc3ccc4c5ccccc5n(-c5cc(-c6c(C)cc(C(C)(C)C)cc6C([2H])([2H])[2H])c(-c6ccccc6)cn5)c4c3)c3oc4ccccc4c3c2)CN1c1cc(C(C)(C)C)cc(C(C)(C)C)c1. The zero-order valence-electron chi connectivity index (χ0n) is 46.7. The third-order valence-electron chi connectivity index (χ3n) is 13.9. The van der Waals surface area contributed by atoms with Crippen LogP contribution in [-0.4, -0.2) is 16.2 Å². The highest BCUT2D eigenvalue weighted by Crippen LogP contribution is 2.45. The summed E-state index contributed by atoms with van der Waals surface area (Å²) in [5, 5.41) is 3.74. The molecule has 7 aromatic carbocycles. The van der Waals surface area contributed by atoms with Gasteiger partial charge in [-0.05, 0) is 123 Å². The van der Waals surface area contributed by atoms with E-state index >= 15 is 0 Å². The third-order valence-corrected chi connectivity index (χ3v) is 13.9. The third kappa shape index (κ3) is 7.99. The first kappa shape index (κ1) is 39.3. The Hall–Kier alpha value is -7.57. The summed E-state index contributed by atoms with van der Waals surface area (Å²) in [4.78, 5) is 8.96. The summed E-state index contributed by atoms with van der Waals surface area (Å²) in [6.45, 7) is 19.4. The minimum atomic E-state index is -2.40. The fourth-order valence-electron chi connectivity index (χ4n) is 9.86. The van der Waals surface area contributed by atoms with E-state index in [1.54, 1.807) is 0 Å². The molecule has 0 N–H and O–H groups in total. The molecule has 0 atom stereocenters. The molecule has 70 heavy (non-hydrogen) atoms. The fraction of sp³-hybridized carbons (Fsp3) is 0.234. The molecular weight excluding hydrogens is 857 g/mol. The standard InChI is InChI=1S/C64H62N4O2/c1-40-29-43(62(3,4)5)30-41(2)60(40)52-37-59(65-38-54(52)42-19-13-12-14-20-42)68-55-23-17-15-21-49(55)50-26-25-48(36-56(50)68)69-58-35-47(34-53-51-22-16-18-24-57(51)70-61(53)58)67-28-27-66(39-67)46-32-44(63(6,7)8)31-45(33-46)64(9,10)11/h12-38H,39H2,1-11H3/i1D3,27D,28D. The van der Waals surface area contributed by atoms with Gasteiger partial charge < -0.3 is 19.0 Å². The van der Waals surface area contributed by atoms with E-state index in [-0.39, 0.29) is 35.3 Å². The van der Waals surface area contributed by atoms with E-state index in [2.05, 4.69) is 109 Å². The molecule has 4 heterocycles. The number of benzene rings is 7. The number of nitrogens with zero attached hydrogens (tertiary/aromatic N) is 4. The highest BCUT2D eigenvalue weighted by atomic mass is 16.5. The van der Waals surface area contributed by atoms with Gasteiger partial charge in [-0.2, -0.15) is 0 Å². The van der Waals surface area contributed by atoms with Gasteiger partial charge in [-0.1, -0.05) is 147 Å². The Balaban J connectivity index is 1.06. The Kier molecular flexibility index (Phi) is 9.29. The van der Waals surface area contributed by atoms with E-state index in [0.717, 1.165) is 66.1 Å². The minimum absolute atomic E-state index is 0.0778. The molecule has 0 radical (unpaired) electrons. The predicted molar refractivity (Wildman–Crippen MR) is 294 cm³/mol. The summed E-state index contributed by atoms with van der Waals surface area (Å²) in [6.07, 6.45) is 2.06.